The number of aliphatic hydroxyl groups is 1. The first-order valence-electron chi connectivity index (χ1n) is 12.6. The number of carbonyl (C=O) groups excluding carboxylic acids is 3. The Bertz CT molecular complexity index is 1480. The van der Waals surface area contributed by atoms with Crippen molar-refractivity contribution in [1.29, 1.82) is 0 Å². The SMILES string of the molecule is CCOC(=O)c1sc(N2C(=O)C(=O)C(=C(O)c3ccc(OC)c(C)c3)[C@@H]2c2ccc(C(C)(C)C)cc2)nc1C. The van der Waals surface area contributed by atoms with Gasteiger partial charge in [0.15, 0.2) is 5.13 Å². The van der Waals surface area contributed by atoms with Gasteiger partial charge in [-0.25, -0.2) is 9.78 Å². The number of amides is 1. The number of thiazole rings is 1. The highest BCUT2D eigenvalue weighted by Gasteiger charge is 2.48. The van der Waals surface area contributed by atoms with Crippen LogP contribution in [0, 0.1) is 13.8 Å². The molecule has 3 aromatic rings. The zero-order valence-corrected chi connectivity index (χ0v) is 23.9. The van der Waals surface area contributed by atoms with Crippen molar-refractivity contribution < 1.29 is 29.0 Å². The fourth-order valence-electron chi connectivity index (χ4n) is 4.56. The van der Waals surface area contributed by atoms with Crippen molar-refractivity contribution in [3.8, 4) is 5.75 Å². The number of aliphatic hydroxyl groups excluding tert-OH is 1. The Morgan fingerprint density at radius 1 is 1.10 bits per heavy atom. The lowest BCUT2D eigenvalue weighted by molar-refractivity contribution is -0.132. The smallest absolute Gasteiger partial charge is 0.350 e. The van der Waals surface area contributed by atoms with Gasteiger partial charge in [0, 0.05) is 5.56 Å². The minimum Gasteiger partial charge on any atom is -0.507 e. The number of hydrogen-bond acceptors (Lipinski definition) is 8. The number of nitrogens with zero attached hydrogens (tertiary/aromatic N) is 2. The summed E-state index contributed by atoms with van der Waals surface area (Å²) in [7, 11) is 1.55. The van der Waals surface area contributed by atoms with Crippen molar-refractivity contribution in [2.45, 2.75) is 53.0 Å². The van der Waals surface area contributed by atoms with Crippen LogP contribution in [0.4, 0.5) is 5.13 Å². The van der Waals surface area contributed by atoms with Crippen LogP contribution < -0.4 is 9.64 Å². The van der Waals surface area contributed by atoms with Crippen molar-refractivity contribution in [1.82, 2.24) is 4.98 Å². The van der Waals surface area contributed by atoms with Crippen LogP contribution in [0.5, 0.6) is 5.75 Å². The predicted molar refractivity (Wildman–Crippen MR) is 150 cm³/mol. The monoisotopic (exact) mass is 548 g/mol. The number of benzene rings is 2. The number of aryl methyl sites for hydroxylation is 2. The zero-order chi connectivity index (χ0) is 28.6. The predicted octanol–water partition coefficient (Wildman–Crippen LogP) is 5.87. The molecule has 1 N–H and O–H groups in total. The molecule has 1 amide bonds. The van der Waals surface area contributed by atoms with Crippen molar-refractivity contribution in [2.24, 2.45) is 0 Å². The molecule has 1 aromatic heterocycles. The normalized spacial score (nSPS) is 17.0. The number of ether oxygens (including phenoxy) is 2. The molecule has 2 heterocycles. The molecule has 8 nitrogen and oxygen atoms in total. The van der Waals surface area contributed by atoms with E-state index < -0.39 is 23.7 Å². The summed E-state index contributed by atoms with van der Waals surface area (Å²) in [5.74, 6) is -1.89. The van der Waals surface area contributed by atoms with Gasteiger partial charge >= 0.3 is 11.9 Å². The summed E-state index contributed by atoms with van der Waals surface area (Å²) in [6.07, 6.45) is 0. The number of ketones is 1. The summed E-state index contributed by atoms with van der Waals surface area (Å²) in [6.45, 7) is 11.6. The van der Waals surface area contributed by atoms with E-state index in [4.69, 9.17) is 9.47 Å². The molecule has 39 heavy (non-hydrogen) atoms. The molecule has 0 bridgehead atoms. The van der Waals surface area contributed by atoms with Gasteiger partial charge in [-0.3, -0.25) is 14.5 Å². The maximum atomic E-state index is 13.5. The molecule has 1 atom stereocenters. The summed E-state index contributed by atoms with van der Waals surface area (Å²) in [6, 6.07) is 11.7. The van der Waals surface area contributed by atoms with E-state index in [1.807, 2.05) is 31.2 Å². The molecule has 204 valence electrons. The molecular weight excluding hydrogens is 516 g/mol. The first kappa shape index (κ1) is 28.0. The fourth-order valence-corrected chi connectivity index (χ4v) is 5.55. The van der Waals surface area contributed by atoms with E-state index in [9.17, 15) is 19.5 Å². The van der Waals surface area contributed by atoms with Gasteiger partial charge < -0.3 is 14.6 Å². The van der Waals surface area contributed by atoms with E-state index in [1.54, 1.807) is 39.2 Å². The Kier molecular flexibility index (Phi) is 7.66. The average Bonchev–Trinajstić information content (AvgIpc) is 3.40. The van der Waals surface area contributed by atoms with Crippen LogP contribution in [-0.2, 0) is 19.7 Å². The lowest BCUT2D eigenvalue weighted by Gasteiger charge is -2.25. The van der Waals surface area contributed by atoms with E-state index >= 15 is 0 Å². The van der Waals surface area contributed by atoms with Gasteiger partial charge in [0.2, 0.25) is 0 Å². The molecule has 1 aliphatic rings. The van der Waals surface area contributed by atoms with Crippen LogP contribution in [0.15, 0.2) is 48.0 Å². The molecule has 1 fully saturated rings. The maximum absolute atomic E-state index is 13.5. The number of rotatable bonds is 6. The summed E-state index contributed by atoms with van der Waals surface area (Å²) >= 11 is 0.980. The zero-order valence-electron chi connectivity index (χ0n) is 23.1. The van der Waals surface area contributed by atoms with Crippen LogP contribution in [0.25, 0.3) is 5.76 Å². The summed E-state index contributed by atoms with van der Waals surface area (Å²) in [4.78, 5) is 45.5. The van der Waals surface area contributed by atoms with E-state index in [0.717, 1.165) is 22.5 Å². The number of esters is 1. The molecule has 4 rings (SSSR count). The molecule has 1 saturated heterocycles. The molecule has 0 radical (unpaired) electrons. The van der Waals surface area contributed by atoms with Crippen molar-refractivity contribution in [3.63, 3.8) is 0 Å². The van der Waals surface area contributed by atoms with E-state index in [0.29, 0.717) is 22.6 Å². The average molecular weight is 549 g/mol. The summed E-state index contributed by atoms with van der Waals surface area (Å²) < 4.78 is 10.5. The van der Waals surface area contributed by atoms with Gasteiger partial charge in [0.05, 0.1) is 31.0 Å². The Morgan fingerprint density at radius 3 is 2.33 bits per heavy atom. The van der Waals surface area contributed by atoms with E-state index in [2.05, 4.69) is 25.8 Å². The minimum atomic E-state index is -0.956. The van der Waals surface area contributed by atoms with E-state index in [1.165, 1.54) is 4.90 Å². The molecular formula is C30H32N2O6S. The highest BCUT2D eigenvalue weighted by molar-refractivity contribution is 7.17. The first-order valence-corrected chi connectivity index (χ1v) is 13.4. The van der Waals surface area contributed by atoms with Crippen molar-refractivity contribution in [3.05, 3.63) is 80.9 Å². The third kappa shape index (κ3) is 5.18. The minimum absolute atomic E-state index is 0.0568. The third-order valence-electron chi connectivity index (χ3n) is 6.66. The molecule has 0 spiro atoms. The number of Topliss-reactive ketones (excluding diaryl/α,β-unsaturated/α-hetero) is 1. The second-order valence-corrected chi connectivity index (χ2v) is 11.3. The molecule has 0 aliphatic carbocycles. The number of hydrogen-bond donors (Lipinski definition) is 1. The molecule has 0 unspecified atom stereocenters. The van der Waals surface area contributed by atoms with Gasteiger partial charge in [0.1, 0.15) is 16.4 Å². The number of aromatic nitrogens is 1. The molecule has 9 heteroatoms. The topological polar surface area (TPSA) is 106 Å². The standard InChI is InChI=1S/C30H32N2O6S/c1-8-38-28(36)26-17(3)31-29(39-26)32-23(18-9-12-20(13-10-18)30(4,5)6)22(25(34)27(32)35)24(33)19-11-14-21(37-7)16(2)15-19/h9-15,23,33H,8H2,1-7H3/t23-/m0/s1. The largest absolute Gasteiger partial charge is 0.507 e. The van der Waals surface area contributed by atoms with Gasteiger partial charge in [-0.2, -0.15) is 0 Å². The fraction of sp³-hybridized carbons (Fsp3) is 0.333. The molecule has 0 saturated carbocycles. The van der Waals surface area contributed by atoms with Crippen LogP contribution in [-0.4, -0.2) is 41.5 Å². The Balaban J connectivity index is 1.92. The number of methoxy groups -OCH3 is 1. The second kappa shape index (κ2) is 10.6. The third-order valence-corrected chi connectivity index (χ3v) is 7.79. The van der Waals surface area contributed by atoms with Crippen molar-refractivity contribution >= 4 is 39.9 Å². The van der Waals surface area contributed by atoms with Gasteiger partial charge in [-0.05, 0) is 61.1 Å². The number of anilines is 1. The maximum Gasteiger partial charge on any atom is 0.350 e. The highest BCUT2D eigenvalue weighted by Crippen LogP contribution is 2.44. The molecule has 1 aliphatic heterocycles. The summed E-state index contributed by atoms with van der Waals surface area (Å²) in [5.41, 5.74) is 3.06. The van der Waals surface area contributed by atoms with Crippen LogP contribution in [0.1, 0.15) is 71.4 Å². The Morgan fingerprint density at radius 2 is 1.77 bits per heavy atom. The lowest BCUT2D eigenvalue weighted by atomic mass is 9.85. The van der Waals surface area contributed by atoms with Crippen LogP contribution in [0.2, 0.25) is 0 Å². The van der Waals surface area contributed by atoms with Crippen LogP contribution >= 0.6 is 11.3 Å². The van der Waals surface area contributed by atoms with Gasteiger partial charge in [-0.15, -0.1) is 0 Å². The second-order valence-electron chi connectivity index (χ2n) is 10.4. The quantitative estimate of drug-likeness (QED) is 0.178. The van der Waals surface area contributed by atoms with Gasteiger partial charge in [-0.1, -0.05) is 56.4 Å². The Labute approximate surface area is 231 Å². The first-order chi connectivity index (χ1) is 18.4. The summed E-state index contributed by atoms with van der Waals surface area (Å²) in [5, 5.41) is 11.6. The van der Waals surface area contributed by atoms with Gasteiger partial charge in [0.25, 0.3) is 5.78 Å². The highest BCUT2D eigenvalue weighted by atomic mass is 32.1. The number of carbonyl (C=O) groups is 3. The Hall–Kier alpha value is -3.98. The van der Waals surface area contributed by atoms with E-state index in [-0.39, 0.29) is 33.4 Å². The molecule has 2 aromatic carbocycles. The lowest BCUT2D eigenvalue weighted by Crippen LogP contribution is -2.29. The van der Waals surface area contributed by atoms with Crippen LogP contribution in [0.3, 0.4) is 0 Å². The van der Waals surface area contributed by atoms with Crippen molar-refractivity contribution in [2.75, 3.05) is 18.6 Å².